The van der Waals surface area contributed by atoms with Crippen LogP contribution in [0, 0.1) is 6.92 Å². The highest BCUT2D eigenvalue weighted by atomic mass is 35.5. The van der Waals surface area contributed by atoms with Crippen molar-refractivity contribution in [1.82, 2.24) is 9.97 Å². The monoisotopic (exact) mass is 332 g/mol. The first kappa shape index (κ1) is 14.9. The van der Waals surface area contributed by atoms with E-state index in [0.717, 1.165) is 33.3 Å². The molecule has 0 amide bonds. The predicted octanol–water partition coefficient (Wildman–Crippen LogP) is 5.08. The number of nitrogens with zero attached hydrogens (tertiary/aromatic N) is 2. The third-order valence-corrected chi connectivity index (χ3v) is 4.58. The lowest BCUT2D eigenvalue weighted by Crippen LogP contribution is -1.99. The van der Waals surface area contributed by atoms with Crippen LogP contribution < -0.4 is 0 Å². The van der Waals surface area contributed by atoms with Gasteiger partial charge in [-0.05, 0) is 37.1 Å². The van der Waals surface area contributed by atoms with Crippen molar-refractivity contribution in [2.45, 2.75) is 18.2 Å². The number of thioether (sulfide) groups is 1. The van der Waals surface area contributed by atoms with Crippen molar-refractivity contribution in [2.75, 3.05) is 5.75 Å². The summed E-state index contributed by atoms with van der Waals surface area (Å²) in [6.45, 7) is 1.88. The first-order valence-corrected chi connectivity index (χ1v) is 7.75. The quantitative estimate of drug-likeness (QED) is 0.443. The Bertz CT molecular complexity index is 567. The summed E-state index contributed by atoms with van der Waals surface area (Å²) in [5.41, 5.74) is 1.76. The standard InChI is InChI=1S/C13H11Cl3N2S/c1-8-9(12(15)18-13(16)17-8)6-7-19-11-5-3-2-4-10(11)14/h2-5H,6-7H2,1H3. The molecule has 2 nitrogen and oxygen atoms in total. The molecule has 1 heterocycles. The first-order valence-electron chi connectivity index (χ1n) is 5.64. The molecule has 0 unspecified atom stereocenters. The molecular weight excluding hydrogens is 323 g/mol. The van der Waals surface area contributed by atoms with Gasteiger partial charge in [-0.1, -0.05) is 35.3 Å². The SMILES string of the molecule is Cc1nc(Cl)nc(Cl)c1CCSc1ccccc1Cl. The zero-order chi connectivity index (χ0) is 13.8. The lowest BCUT2D eigenvalue weighted by atomic mass is 10.2. The summed E-state index contributed by atoms with van der Waals surface area (Å²) in [5.74, 6) is 0.856. The molecule has 2 rings (SSSR count). The third kappa shape index (κ3) is 3.99. The number of hydrogen-bond acceptors (Lipinski definition) is 3. The molecule has 0 aliphatic carbocycles. The highest BCUT2D eigenvalue weighted by Crippen LogP contribution is 2.28. The Morgan fingerprint density at radius 1 is 1.11 bits per heavy atom. The second kappa shape index (κ2) is 6.80. The second-order valence-corrected chi connectivity index (χ2v) is 6.12. The van der Waals surface area contributed by atoms with Crippen LogP contribution >= 0.6 is 46.6 Å². The summed E-state index contributed by atoms with van der Waals surface area (Å²) in [7, 11) is 0. The maximum atomic E-state index is 6.10. The van der Waals surface area contributed by atoms with Crippen molar-refractivity contribution in [1.29, 1.82) is 0 Å². The van der Waals surface area contributed by atoms with E-state index in [1.807, 2.05) is 31.2 Å². The Hall–Kier alpha value is -0.480. The highest BCUT2D eigenvalue weighted by Gasteiger charge is 2.09. The maximum Gasteiger partial charge on any atom is 0.224 e. The van der Waals surface area contributed by atoms with Gasteiger partial charge in [-0.15, -0.1) is 11.8 Å². The summed E-state index contributed by atoms with van der Waals surface area (Å²) >= 11 is 19.6. The van der Waals surface area contributed by atoms with Gasteiger partial charge in [0.2, 0.25) is 5.28 Å². The summed E-state index contributed by atoms with van der Waals surface area (Å²) in [4.78, 5) is 9.14. The van der Waals surface area contributed by atoms with E-state index in [1.54, 1.807) is 11.8 Å². The molecule has 19 heavy (non-hydrogen) atoms. The normalized spacial score (nSPS) is 10.7. The number of aromatic nitrogens is 2. The summed E-state index contributed by atoms with van der Waals surface area (Å²) in [6.07, 6.45) is 0.776. The Balaban J connectivity index is 2.02. The number of hydrogen-bond donors (Lipinski definition) is 0. The van der Waals surface area contributed by atoms with E-state index in [4.69, 9.17) is 34.8 Å². The minimum absolute atomic E-state index is 0.185. The molecule has 6 heteroatoms. The van der Waals surface area contributed by atoms with Crippen LogP contribution in [0.2, 0.25) is 15.5 Å². The van der Waals surface area contributed by atoms with Crippen LogP contribution in [-0.2, 0) is 6.42 Å². The molecule has 0 atom stereocenters. The third-order valence-electron chi connectivity index (χ3n) is 2.58. The van der Waals surface area contributed by atoms with Crippen LogP contribution in [0.3, 0.4) is 0 Å². The van der Waals surface area contributed by atoms with Gasteiger partial charge in [-0.25, -0.2) is 9.97 Å². The van der Waals surface area contributed by atoms with E-state index < -0.39 is 0 Å². The van der Waals surface area contributed by atoms with E-state index in [9.17, 15) is 0 Å². The fraction of sp³-hybridized carbons (Fsp3) is 0.231. The smallest absolute Gasteiger partial charge is 0.223 e. The summed E-state index contributed by atoms with van der Waals surface area (Å²) in [6, 6.07) is 7.77. The van der Waals surface area contributed by atoms with Gasteiger partial charge >= 0.3 is 0 Å². The lowest BCUT2D eigenvalue weighted by molar-refractivity contribution is 1.00. The van der Waals surface area contributed by atoms with Crippen molar-refractivity contribution in [3.05, 3.63) is 51.0 Å². The van der Waals surface area contributed by atoms with Crippen LogP contribution in [0.4, 0.5) is 0 Å². The fourth-order valence-electron chi connectivity index (χ4n) is 1.64. The number of aryl methyl sites for hydroxylation is 1. The molecule has 0 bridgehead atoms. The number of rotatable bonds is 4. The lowest BCUT2D eigenvalue weighted by Gasteiger charge is -2.08. The molecule has 0 saturated heterocycles. The first-order chi connectivity index (χ1) is 9.08. The molecule has 0 fully saturated rings. The molecule has 0 saturated carbocycles. The zero-order valence-corrected chi connectivity index (χ0v) is 13.2. The molecule has 0 radical (unpaired) electrons. The molecule has 1 aromatic carbocycles. The van der Waals surface area contributed by atoms with Crippen LogP contribution in [0.15, 0.2) is 29.2 Å². The van der Waals surface area contributed by atoms with E-state index in [1.165, 1.54) is 0 Å². The highest BCUT2D eigenvalue weighted by molar-refractivity contribution is 7.99. The second-order valence-electron chi connectivity index (χ2n) is 3.88. The molecule has 100 valence electrons. The van der Waals surface area contributed by atoms with Crippen LogP contribution in [-0.4, -0.2) is 15.7 Å². The fourth-order valence-corrected chi connectivity index (χ4v) is 3.41. The molecule has 0 aliphatic heterocycles. The Morgan fingerprint density at radius 2 is 1.84 bits per heavy atom. The van der Waals surface area contributed by atoms with Crippen LogP contribution in [0.25, 0.3) is 0 Å². The van der Waals surface area contributed by atoms with E-state index in [0.29, 0.717) is 5.15 Å². The largest absolute Gasteiger partial charge is 0.224 e. The van der Waals surface area contributed by atoms with Crippen molar-refractivity contribution in [3.63, 3.8) is 0 Å². The van der Waals surface area contributed by atoms with Gasteiger partial charge in [0.15, 0.2) is 0 Å². The van der Waals surface area contributed by atoms with E-state index in [2.05, 4.69) is 9.97 Å². The average molecular weight is 334 g/mol. The van der Waals surface area contributed by atoms with Crippen LogP contribution in [0.5, 0.6) is 0 Å². The Labute approximate surface area is 131 Å². The van der Waals surface area contributed by atoms with Gasteiger partial charge in [0.05, 0.1) is 5.02 Å². The number of halogens is 3. The minimum Gasteiger partial charge on any atom is -0.223 e. The van der Waals surface area contributed by atoms with Gasteiger partial charge in [0, 0.05) is 21.9 Å². The molecule has 0 N–H and O–H groups in total. The predicted molar refractivity (Wildman–Crippen MR) is 82.7 cm³/mol. The summed E-state index contributed by atoms with van der Waals surface area (Å²) in [5, 5.41) is 1.38. The Morgan fingerprint density at radius 3 is 2.53 bits per heavy atom. The van der Waals surface area contributed by atoms with Crippen molar-refractivity contribution >= 4 is 46.6 Å². The van der Waals surface area contributed by atoms with Crippen molar-refractivity contribution in [3.8, 4) is 0 Å². The maximum absolute atomic E-state index is 6.10. The van der Waals surface area contributed by atoms with Gasteiger partial charge in [0.25, 0.3) is 0 Å². The molecule has 0 spiro atoms. The van der Waals surface area contributed by atoms with Gasteiger partial charge in [-0.3, -0.25) is 0 Å². The number of benzene rings is 1. The molecular formula is C13H11Cl3N2S. The van der Waals surface area contributed by atoms with Crippen LogP contribution in [0.1, 0.15) is 11.3 Å². The van der Waals surface area contributed by atoms with Gasteiger partial charge < -0.3 is 0 Å². The zero-order valence-electron chi connectivity index (χ0n) is 10.2. The minimum atomic E-state index is 0.185. The topological polar surface area (TPSA) is 25.8 Å². The molecule has 0 aliphatic rings. The van der Waals surface area contributed by atoms with E-state index >= 15 is 0 Å². The van der Waals surface area contributed by atoms with Gasteiger partial charge in [-0.2, -0.15) is 0 Å². The Kier molecular flexibility index (Phi) is 5.34. The van der Waals surface area contributed by atoms with Crippen molar-refractivity contribution in [2.24, 2.45) is 0 Å². The molecule has 1 aromatic heterocycles. The summed E-state index contributed by atoms with van der Waals surface area (Å²) < 4.78 is 0. The average Bonchev–Trinajstić information content (AvgIpc) is 2.34. The van der Waals surface area contributed by atoms with Crippen molar-refractivity contribution < 1.29 is 0 Å². The van der Waals surface area contributed by atoms with E-state index in [-0.39, 0.29) is 5.28 Å². The van der Waals surface area contributed by atoms with Gasteiger partial charge in [0.1, 0.15) is 5.15 Å². The molecule has 2 aromatic rings.